The fraction of sp³-hybridized carbons (Fsp3) is 0.350. The molecule has 122 valence electrons. The Morgan fingerprint density at radius 2 is 2.00 bits per heavy atom. The molecule has 1 aliphatic rings. The van der Waals surface area contributed by atoms with Crippen LogP contribution in [0.1, 0.15) is 37.8 Å². The van der Waals surface area contributed by atoms with Crippen LogP contribution in [0.2, 0.25) is 0 Å². The summed E-state index contributed by atoms with van der Waals surface area (Å²) in [5.74, 6) is 0.236. The molecule has 0 aliphatic heterocycles. The number of carbonyl (C=O) groups is 1. The highest BCUT2D eigenvalue weighted by Crippen LogP contribution is 2.22. The van der Waals surface area contributed by atoms with Crippen molar-refractivity contribution in [1.82, 2.24) is 10.3 Å². The number of aromatic nitrogens is 1. The summed E-state index contributed by atoms with van der Waals surface area (Å²) in [4.78, 5) is 16.7. The lowest BCUT2D eigenvalue weighted by atomic mass is 9.89. The van der Waals surface area contributed by atoms with E-state index in [1.54, 1.807) is 6.08 Å². The zero-order valence-electron chi connectivity index (χ0n) is 13.7. The van der Waals surface area contributed by atoms with Crippen LogP contribution in [-0.4, -0.2) is 17.4 Å². The average molecular weight is 319 g/mol. The van der Waals surface area contributed by atoms with Crippen molar-refractivity contribution in [3.63, 3.8) is 0 Å². The normalized spacial score (nSPS) is 15.9. The summed E-state index contributed by atoms with van der Waals surface area (Å²) < 4.78 is 0. The van der Waals surface area contributed by atoms with Gasteiger partial charge >= 0.3 is 0 Å². The lowest BCUT2D eigenvalue weighted by molar-refractivity contribution is -0.117. The number of nitriles is 1. The Morgan fingerprint density at radius 3 is 2.79 bits per heavy atom. The predicted molar refractivity (Wildman–Crippen MR) is 94.9 cm³/mol. The molecular weight excluding hydrogens is 298 g/mol. The molecule has 0 unspecified atom stereocenters. The zero-order valence-corrected chi connectivity index (χ0v) is 13.7. The molecular formula is C20H21N3O. The highest BCUT2D eigenvalue weighted by molar-refractivity contribution is 6.01. The molecule has 1 aromatic carbocycles. The number of rotatable bonds is 4. The molecule has 4 heteroatoms. The van der Waals surface area contributed by atoms with Gasteiger partial charge in [0, 0.05) is 11.9 Å². The van der Waals surface area contributed by atoms with E-state index in [0.717, 1.165) is 23.7 Å². The quantitative estimate of drug-likeness (QED) is 0.688. The van der Waals surface area contributed by atoms with E-state index < -0.39 is 0 Å². The van der Waals surface area contributed by atoms with Crippen LogP contribution in [0.25, 0.3) is 17.0 Å². The molecule has 0 radical (unpaired) electrons. The first-order valence-electron chi connectivity index (χ1n) is 8.52. The molecule has 0 bridgehead atoms. The summed E-state index contributed by atoms with van der Waals surface area (Å²) in [5, 5.41) is 13.2. The Morgan fingerprint density at radius 1 is 1.21 bits per heavy atom. The Kier molecular flexibility index (Phi) is 5.22. The molecule has 1 aliphatic carbocycles. The fourth-order valence-electron chi connectivity index (χ4n) is 3.18. The number of para-hydroxylation sites is 1. The van der Waals surface area contributed by atoms with Crippen molar-refractivity contribution < 1.29 is 4.79 Å². The van der Waals surface area contributed by atoms with Crippen LogP contribution in [0.5, 0.6) is 0 Å². The van der Waals surface area contributed by atoms with E-state index in [1.165, 1.54) is 19.3 Å². The molecule has 24 heavy (non-hydrogen) atoms. The maximum atomic E-state index is 12.3. The van der Waals surface area contributed by atoms with Crippen molar-refractivity contribution in [2.24, 2.45) is 5.92 Å². The number of fused-ring (bicyclic) bond motifs is 1. The second-order valence-corrected chi connectivity index (χ2v) is 6.31. The highest BCUT2D eigenvalue weighted by Gasteiger charge is 2.16. The van der Waals surface area contributed by atoms with Gasteiger partial charge in [0.2, 0.25) is 0 Å². The van der Waals surface area contributed by atoms with E-state index in [9.17, 15) is 10.1 Å². The second-order valence-electron chi connectivity index (χ2n) is 6.31. The van der Waals surface area contributed by atoms with Crippen molar-refractivity contribution >= 4 is 22.9 Å². The number of nitrogens with zero attached hydrogens (tertiary/aromatic N) is 2. The number of carbonyl (C=O) groups excluding carboxylic acids is 1. The molecule has 0 saturated heterocycles. The van der Waals surface area contributed by atoms with Gasteiger partial charge in [-0.3, -0.25) is 4.79 Å². The van der Waals surface area contributed by atoms with Gasteiger partial charge in [0.25, 0.3) is 5.91 Å². The average Bonchev–Trinajstić information content (AvgIpc) is 2.65. The minimum absolute atomic E-state index is 0.105. The molecule has 1 saturated carbocycles. The van der Waals surface area contributed by atoms with Crippen molar-refractivity contribution in [3.05, 3.63) is 47.7 Å². The van der Waals surface area contributed by atoms with Gasteiger partial charge in [0.15, 0.2) is 0 Å². The molecule has 1 N–H and O–H groups in total. The van der Waals surface area contributed by atoms with E-state index in [1.807, 2.05) is 42.5 Å². The molecule has 0 atom stereocenters. The molecule has 1 aromatic heterocycles. The summed E-state index contributed by atoms with van der Waals surface area (Å²) in [6.07, 6.45) is 7.66. The summed E-state index contributed by atoms with van der Waals surface area (Å²) in [6, 6.07) is 13.6. The topological polar surface area (TPSA) is 65.8 Å². The Bertz CT molecular complexity index is 798. The minimum Gasteiger partial charge on any atom is -0.351 e. The second kappa shape index (κ2) is 7.74. The van der Waals surface area contributed by atoms with Crippen LogP contribution in [-0.2, 0) is 4.79 Å². The Labute approximate surface area is 142 Å². The van der Waals surface area contributed by atoms with Gasteiger partial charge in [-0.25, -0.2) is 4.98 Å². The molecule has 0 spiro atoms. The van der Waals surface area contributed by atoms with E-state index in [2.05, 4.69) is 10.3 Å². The largest absolute Gasteiger partial charge is 0.351 e. The Hall–Kier alpha value is -2.67. The molecule has 4 nitrogen and oxygen atoms in total. The van der Waals surface area contributed by atoms with Crippen LogP contribution in [0.3, 0.4) is 0 Å². The van der Waals surface area contributed by atoms with Crippen molar-refractivity contribution in [2.45, 2.75) is 32.1 Å². The number of benzene rings is 1. The van der Waals surface area contributed by atoms with Crippen molar-refractivity contribution in [2.75, 3.05) is 6.54 Å². The molecule has 1 fully saturated rings. The number of hydrogen-bond acceptors (Lipinski definition) is 3. The molecule has 2 aromatic rings. The highest BCUT2D eigenvalue weighted by atomic mass is 16.1. The molecule has 3 rings (SSSR count). The lowest BCUT2D eigenvalue weighted by Gasteiger charge is -2.21. The SMILES string of the molecule is N#C/C(=C\c1ccc2ccccc2n1)C(=O)NCC1CCCCC1. The third-order valence-electron chi connectivity index (χ3n) is 4.55. The maximum absolute atomic E-state index is 12.3. The lowest BCUT2D eigenvalue weighted by Crippen LogP contribution is -2.31. The fourth-order valence-corrected chi connectivity index (χ4v) is 3.18. The third kappa shape index (κ3) is 3.99. The molecule has 1 amide bonds. The third-order valence-corrected chi connectivity index (χ3v) is 4.55. The van der Waals surface area contributed by atoms with E-state index in [-0.39, 0.29) is 11.5 Å². The van der Waals surface area contributed by atoms with Gasteiger partial charge in [0.1, 0.15) is 11.6 Å². The van der Waals surface area contributed by atoms with Gasteiger partial charge in [-0.15, -0.1) is 0 Å². The summed E-state index contributed by atoms with van der Waals surface area (Å²) in [5.41, 5.74) is 1.58. The van der Waals surface area contributed by atoms with E-state index in [4.69, 9.17) is 0 Å². The zero-order chi connectivity index (χ0) is 16.8. The van der Waals surface area contributed by atoms with Crippen LogP contribution < -0.4 is 5.32 Å². The number of nitrogens with one attached hydrogen (secondary N) is 1. The van der Waals surface area contributed by atoms with Gasteiger partial charge < -0.3 is 5.32 Å². The summed E-state index contributed by atoms with van der Waals surface area (Å²) >= 11 is 0. The predicted octanol–water partition coefficient (Wildman–Crippen LogP) is 3.84. The summed E-state index contributed by atoms with van der Waals surface area (Å²) in [6.45, 7) is 0.656. The number of pyridine rings is 1. The Balaban J connectivity index is 1.70. The van der Waals surface area contributed by atoms with E-state index in [0.29, 0.717) is 18.2 Å². The first-order valence-corrected chi connectivity index (χ1v) is 8.52. The van der Waals surface area contributed by atoms with Gasteiger partial charge in [-0.05, 0) is 37.0 Å². The minimum atomic E-state index is -0.307. The van der Waals surface area contributed by atoms with Gasteiger partial charge in [-0.2, -0.15) is 5.26 Å². The van der Waals surface area contributed by atoms with Gasteiger partial charge in [0.05, 0.1) is 11.2 Å². The van der Waals surface area contributed by atoms with Crippen LogP contribution >= 0.6 is 0 Å². The summed E-state index contributed by atoms with van der Waals surface area (Å²) in [7, 11) is 0. The van der Waals surface area contributed by atoms with Crippen LogP contribution in [0.15, 0.2) is 42.0 Å². The number of hydrogen-bond donors (Lipinski definition) is 1. The monoisotopic (exact) mass is 319 g/mol. The van der Waals surface area contributed by atoms with Gasteiger partial charge in [-0.1, -0.05) is 43.5 Å². The van der Waals surface area contributed by atoms with Crippen molar-refractivity contribution in [3.8, 4) is 6.07 Å². The van der Waals surface area contributed by atoms with E-state index >= 15 is 0 Å². The van der Waals surface area contributed by atoms with Crippen molar-refractivity contribution in [1.29, 1.82) is 5.26 Å². The first-order chi connectivity index (χ1) is 11.8. The van der Waals surface area contributed by atoms with Crippen LogP contribution in [0.4, 0.5) is 0 Å². The first kappa shape index (κ1) is 16.2. The smallest absolute Gasteiger partial charge is 0.262 e. The standard InChI is InChI=1S/C20H21N3O/c21-13-17(20(24)22-14-15-6-2-1-3-7-15)12-18-11-10-16-8-4-5-9-19(16)23-18/h4-5,8-12,15H,1-3,6-7,14H2,(H,22,24)/b17-12+. The van der Waals surface area contributed by atoms with Crippen LogP contribution in [0, 0.1) is 17.2 Å². The molecule has 1 heterocycles. The maximum Gasteiger partial charge on any atom is 0.262 e. The number of amides is 1.